The molecule has 6 atom stereocenters. The Bertz CT molecular complexity index is 858. The van der Waals surface area contributed by atoms with Gasteiger partial charge in [-0.3, -0.25) is 0 Å². The van der Waals surface area contributed by atoms with E-state index in [0.29, 0.717) is 17.9 Å². The molecule has 0 aromatic carbocycles. The van der Waals surface area contributed by atoms with E-state index in [9.17, 15) is 5.11 Å². The van der Waals surface area contributed by atoms with Crippen molar-refractivity contribution >= 4 is 5.71 Å². The summed E-state index contributed by atoms with van der Waals surface area (Å²) in [5.41, 5.74) is 4.06. The summed E-state index contributed by atoms with van der Waals surface area (Å²) in [6, 6.07) is 1.95. The van der Waals surface area contributed by atoms with E-state index in [1.807, 2.05) is 13.0 Å². The second-order valence-corrected chi connectivity index (χ2v) is 10.7. The zero-order valence-electron chi connectivity index (χ0n) is 18.7. The van der Waals surface area contributed by atoms with Crippen molar-refractivity contribution in [3.8, 4) is 0 Å². The Morgan fingerprint density at radius 2 is 2.03 bits per heavy atom. The maximum absolute atomic E-state index is 10.6. The van der Waals surface area contributed by atoms with Crippen LogP contribution in [0.3, 0.4) is 0 Å². The van der Waals surface area contributed by atoms with Gasteiger partial charge < -0.3 is 14.5 Å². The molecule has 1 N–H and O–H groups in total. The topological polar surface area (TPSA) is 67.8 Å². The van der Waals surface area contributed by atoms with Crippen LogP contribution in [0.15, 0.2) is 27.4 Å². The molecular weight excluding hydrogens is 376 g/mol. The highest BCUT2D eigenvalue weighted by atomic mass is 16.6. The Morgan fingerprint density at radius 1 is 1.17 bits per heavy atom. The molecule has 3 saturated carbocycles. The molecule has 0 amide bonds. The first-order valence-corrected chi connectivity index (χ1v) is 11.9. The van der Waals surface area contributed by atoms with Crippen molar-refractivity contribution in [1.29, 1.82) is 0 Å². The number of rotatable bonds is 4. The molecular formula is C25H36N2O3. The molecule has 0 radical (unpaired) electrons. The maximum Gasteiger partial charge on any atom is 0.133 e. The van der Waals surface area contributed by atoms with E-state index in [1.165, 1.54) is 38.5 Å². The summed E-state index contributed by atoms with van der Waals surface area (Å²) >= 11 is 0. The minimum atomic E-state index is -0.0865. The quantitative estimate of drug-likeness (QED) is 0.544. The van der Waals surface area contributed by atoms with Crippen molar-refractivity contribution in [1.82, 2.24) is 5.16 Å². The molecule has 0 bridgehead atoms. The van der Waals surface area contributed by atoms with Gasteiger partial charge in [0.1, 0.15) is 12.4 Å². The first-order chi connectivity index (χ1) is 14.4. The lowest BCUT2D eigenvalue weighted by atomic mass is 9.47. The van der Waals surface area contributed by atoms with Crippen molar-refractivity contribution in [2.45, 2.75) is 84.7 Å². The molecule has 4 aliphatic carbocycles. The van der Waals surface area contributed by atoms with Crippen LogP contribution in [0.1, 0.15) is 76.7 Å². The van der Waals surface area contributed by atoms with Crippen LogP contribution in [0.25, 0.3) is 0 Å². The Labute approximate surface area is 179 Å². The van der Waals surface area contributed by atoms with Gasteiger partial charge in [0, 0.05) is 12.5 Å². The molecule has 3 unspecified atom stereocenters. The fourth-order valence-electron chi connectivity index (χ4n) is 7.43. The molecule has 164 valence electrons. The number of nitrogens with zero attached hydrogens (tertiary/aromatic N) is 2. The van der Waals surface area contributed by atoms with Gasteiger partial charge in [0.2, 0.25) is 0 Å². The molecule has 0 spiro atoms. The number of hydrogen-bond donors (Lipinski definition) is 1. The summed E-state index contributed by atoms with van der Waals surface area (Å²) in [5, 5.41) is 19.1. The highest BCUT2D eigenvalue weighted by Gasteiger charge is 2.58. The van der Waals surface area contributed by atoms with Crippen LogP contribution in [0.2, 0.25) is 0 Å². The van der Waals surface area contributed by atoms with Gasteiger partial charge in [0.05, 0.1) is 17.5 Å². The molecule has 1 aromatic heterocycles. The number of allylic oxidation sites excluding steroid dienone is 2. The normalized spacial score (nSPS) is 41.7. The van der Waals surface area contributed by atoms with Gasteiger partial charge in [-0.1, -0.05) is 29.7 Å². The third kappa shape index (κ3) is 3.24. The van der Waals surface area contributed by atoms with Gasteiger partial charge in [-0.2, -0.15) is 0 Å². The fourth-order valence-corrected chi connectivity index (χ4v) is 7.43. The Kier molecular flexibility index (Phi) is 5.08. The number of aliphatic hydroxyl groups excluding tert-OH is 1. The lowest BCUT2D eigenvalue weighted by Crippen LogP contribution is -2.51. The summed E-state index contributed by atoms with van der Waals surface area (Å²) in [4.78, 5) is 5.62. The van der Waals surface area contributed by atoms with Crippen LogP contribution in [0.4, 0.5) is 0 Å². The van der Waals surface area contributed by atoms with Crippen LogP contribution in [-0.4, -0.2) is 28.7 Å². The largest absolute Gasteiger partial charge is 0.395 e. The first-order valence-electron chi connectivity index (χ1n) is 11.9. The molecule has 5 nitrogen and oxygen atoms in total. The third-order valence-corrected chi connectivity index (χ3v) is 9.24. The highest BCUT2D eigenvalue weighted by Crippen LogP contribution is 2.65. The first kappa shape index (κ1) is 20.3. The van der Waals surface area contributed by atoms with E-state index in [0.717, 1.165) is 48.3 Å². The van der Waals surface area contributed by atoms with Gasteiger partial charge >= 0.3 is 0 Å². The number of hydrogen-bond acceptors (Lipinski definition) is 5. The summed E-state index contributed by atoms with van der Waals surface area (Å²) < 4.78 is 5.10. The summed E-state index contributed by atoms with van der Waals surface area (Å²) in [5.74, 6) is 3.09. The van der Waals surface area contributed by atoms with Gasteiger partial charge in [0.25, 0.3) is 0 Å². The Hall–Kier alpha value is -1.62. The predicted octanol–water partition coefficient (Wildman–Crippen LogP) is 5.22. The molecule has 5 heteroatoms. The molecule has 30 heavy (non-hydrogen) atoms. The van der Waals surface area contributed by atoms with Crippen molar-refractivity contribution < 1.29 is 14.5 Å². The Morgan fingerprint density at radius 3 is 2.83 bits per heavy atom. The van der Waals surface area contributed by atoms with E-state index in [2.05, 4.69) is 30.2 Å². The van der Waals surface area contributed by atoms with Crippen LogP contribution in [0, 0.1) is 35.5 Å². The molecule has 1 heterocycles. The van der Waals surface area contributed by atoms with Gasteiger partial charge in [-0.15, -0.1) is 0 Å². The minimum absolute atomic E-state index is 0.0865. The maximum atomic E-state index is 10.6. The summed E-state index contributed by atoms with van der Waals surface area (Å²) in [7, 11) is 0. The van der Waals surface area contributed by atoms with E-state index < -0.39 is 0 Å². The molecule has 0 aliphatic heterocycles. The molecule has 5 rings (SSSR count). The van der Waals surface area contributed by atoms with Crippen LogP contribution in [-0.2, 0) is 11.3 Å². The molecule has 0 saturated heterocycles. The third-order valence-electron chi connectivity index (χ3n) is 9.24. The molecule has 3 fully saturated rings. The van der Waals surface area contributed by atoms with E-state index >= 15 is 0 Å². The summed E-state index contributed by atoms with van der Waals surface area (Å²) in [6.45, 7) is 7.30. The average molecular weight is 413 g/mol. The van der Waals surface area contributed by atoms with Crippen molar-refractivity contribution in [3.63, 3.8) is 0 Å². The molecule has 1 aromatic rings. The van der Waals surface area contributed by atoms with E-state index in [4.69, 9.17) is 9.36 Å². The van der Waals surface area contributed by atoms with Crippen molar-refractivity contribution in [2.24, 2.45) is 33.7 Å². The SMILES string of the molecule is Cc1cc(CCO/N=C2\C=C3CCC4C(CC[C@@]5(C)C4CC[C@@H]5O)[C@@]3(C)CC2)no1. The standard InChI is InChI=1S/C25H36N2O3/c1-16-14-19(27-30-16)10-13-29-26-18-8-11-24(2)17(15-18)4-5-20-21-6-7-23(28)25(21,3)12-9-22(20)24/h14-15,20-23,28H,4-13H2,1-3H3/b26-18-/t20?,21?,22?,23-,24-,25-/m0/s1. The van der Waals surface area contributed by atoms with Crippen LogP contribution >= 0.6 is 0 Å². The smallest absolute Gasteiger partial charge is 0.133 e. The van der Waals surface area contributed by atoms with E-state index in [-0.39, 0.29) is 11.5 Å². The number of aromatic nitrogens is 1. The van der Waals surface area contributed by atoms with Gasteiger partial charge in [-0.25, -0.2) is 0 Å². The monoisotopic (exact) mass is 412 g/mol. The van der Waals surface area contributed by atoms with Gasteiger partial charge in [0.15, 0.2) is 0 Å². The number of oxime groups is 1. The highest BCUT2D eigenvalue weighted by molar-refractivity contribution is 5.96. The lowest BCUT2D eigenvalue weighted by Gasteiger charge is -2.57. The van der Waals surface area contributed by atoms with Gasteiger partial charge in [-0.05, 0) is 93.0 Å². The average Bonchev–Trinajstić information content (AvgIpc) is 3.28. The fraction of sp³-hybridized carbons (Fsp3) is 0.760. The van der Waals surface area contributed by atoms with E-state index in [1.54, 1.807) is 5.57 Å². The second-order valence-electron chi connectivity index (χ2n) is 10.7. The van der Waals surface area contributed by atoms with Crippen molar-refractivity contribution in [3.05, 3.63) is 29.2 Å². The lowest BCUT2D eigenvalue weighted by molar-refractivity contribution is -0.0722. The van der Waals surface area contributed by atoms with Crippen molar-refractivity contribution in [2.75, 3.05) is 6.61 Å². The molecule has 4 aliphatic rings. The number of aliphatic hydroxyl groups is 1. The van der Waals surface area contributed by atoms with Crippen LogP contribution < -0.4 is 0 Å². The zero-order valence-corrected chi connectivity index (χ0v) is 18.7. The second kappa shape index (κ2) is 7.51. The minimum Gasteiger partial charge on any atom is -0.395 e. The Balaban J connectivity index is 1.26. The zero-order chi connectivity index (χ0) is 20.9. The summed E-state index contributed by atoms with van der Waals surface area (Å²) in [6.07, 6.45) is 12.3. The number of aryl methyl sites for hydroxylation is 1. The predicted molar refractivity (Wildman–Crippen MR) is 116 cm³/mol. The number of fused-ring (bicyclic) bond motifs is 5. The van der Waals surface area contributed by atoms with Crippen LogP contribution in [0.5, 0.6) is 0 Å².